The van der Waals surface area contributed by atoms with Crippen molar-refractivity contribution in [2.75, 3.05) is 22.1 Å². The molecule has 6 nitrogen and oxygen atoms in total. The van der Waals surface area contributed by atoms with Gasteiger partial charge in [0.05, 0.1) is 11.5 Å². The summed E-state index contributed by atoms with van der Waals surface area (Å²) in [5.41, 5.74) is 3.28. The van der Waals surface area contributed by atoms with Crippen molar-refractivity contribution in [1.29, 1.82) is 0 Å². The lowest BCUT2D eigenvalue weighted by Crippen LogP contribution is -2.35. The summed E-state index contributed by atoms with van der Waals surface area (Å²) in [6.07, 6.45) is 0.465. The van der Waals surface area contributed by atoms with E-state index in [0.717, 1.165) is 11.4 Å². The summed E-state index contributed by atoms with van der Waals surface area (Å²) < 4.78 is 23.0. The molecular formula is C19H21N3O3S2. The molecule has 0 aromatic heterocycles. The van der Waals surface area contributed by atoms with E-state index < -0.39 is 9.84 Å². The Labute approximate surface area is 164 Å². The largest absolute Gasteiger partial charge is 0.348 e. The van der Waals surface area contributed by atoms with Gasteiger partial charge in [0.2, 0.25) is 0 Å². The highest BCUT2D eigenvalue weighted by atomic mass is 32.2. The fraction of sp³-hybridized carbons (Fsp3) is 0.263. The molecule has 1 atom stereocenters. The summed E-state index contributed by atoms with van der Waals surface area (Å²) in [4.78, 5) is 12.2. The van der Waals surface area contributed by atoms with Crippen LogP contribution in [0, 0.1) is 6.92 Å². The number of hydrogen-bond acceptors (Lipinski definition) is 4. The molecule has 0 bridgehead atoms. The summed E-state index contributed by atoms with van der Waals surface area (Å²) in [5, 5.41) is 9.38. The summed E-state index contributed by atoms with van der Waals surface area (Å²) in [6, 6.07) is 14.4. The molecule has 3 N–H and O–H groups in total. The van der Waals surface area contributed by atoms with Gasteiger partial charge in [-0.05, 0) is 62.0 Å². The lowest BCUT2D eigenvalue weighted by Gasteiger charge is -2.13. The zero-order valence-electron chi connectivity index (χ0n) is 14.9. The Balaban J connectivity index is 1.54. The Morgan fingerprint density at radius 2 is 1.56 bits per heavy atom. The smallest absolute Gasteiger partial charge is 0.251 e. The molecule has 8 heteroatoms. The maximum absolute atomic E-state index is 12.2. The van der Waals surface area contributed by atoms with Gasteiger partial charge in [-0.25, -0.2) is 8.42 Å². The Kier molecular flexibility index (Phi) is 5.76. The van der Waals surface area contributed by atoms with Crippen LogP contribution in [-0.2, 0) is 9.84 Å². The minimum absolute atomic E-state index is 0.0112. The van der Waals surface area contributed by atoms with E-state index in [1.807, 2.05) is 31.2 Å². The van der Waals surface area contributed by atoms with Crippen molar-refractivity contribution in [2.24, 2.45) is 0 Å². The Morgan fingerprint density at radius 1 is 1.00 bits per heavy atom. The number of carbonyl (C=O) groups is 1. The molecule has 0 radical (unpaired) electrons. The van der Waals surface area contributed by atoms with Gasteiger partial charge < -0.3 is 16.0 Å². The van der Waals surface area contributed by atoms with Crippen molar-refractivity contribution in [3.8, 4) is 0 Å². The predicted octanol–water partition coefficient (Wildman–Crippen LogP) is 2.72. The minimum atomic E-state index is -3.02. The second-order valence-corrected chi connectivity index (χ2v) is 9.23. The Morgan fingerprint density at radius 3 is 2.07 bits per heavy atom. The van der Waals surface area contributed by atoms with Crippen molar-refractivity contribution in [3.63, 3.8) is 0 Å². The second kappa shape index (κ2) is 8.06. The van der Waals surface area contributed by atoms with Gasteiger partial charge in [-0.2, -0.15) is 0 Å². The lowest BCUT2D eigenvalue weighted by molar-refractivity contribution is 0.0941. The molecule has 142 valence electrons. The van der Waals surface area contributed by atoms with Gasteiger partial charge in [0.25, 0.3) is 5.91 Å². The Bertz CT molecular complexity index is 939. The first-order chi connectivity index (χ1) is 12.8. The van der Waals surface area contributed by atoms with E-state index in [4.69, 9.17) is 12.2 Å². The molecule has 1 aliphatic heterocycles. The van der Waals surface area contributed by atoms with Crippen molar-refractivity contribution in [3.05, 3.63) is 59.7 Å². The Hall–Kier alpha value is -2.45. The zero-order valence-corrected chi connectivity index (χ0v) is 16.5. The maximum atomic E-state index is 12.2. The number of benzene rings is 2. The topological polar surface area (TPSA) is 87.3 Å². The number of aryl methyl sites for hydroxylation is 1. The molecule has 0 saturated carbocycles. The van der Waals surface area contributed by atoms with Crippen LogP contribution in [0.25, 0.3) is 0 Å². The number of anilines is 2. The van der Waals surface area contributed by atoms with E-state index in [2.05, 4.69) is 16.0 Å². The van der Waals surface area contributed by atoms with Crippen LogP contribution in [0.4, 0.5) is 11.4 Å². The summed E-state index contributed by atoms with van der Waals surface area (Å²) >= 11 is 5.29. The van der Waals surface area contributed by atoms with Crippen molar-refractivity contribution < 1.29 is 13.2 Å². The van der Waals surface area contributed by atoms with Crippen LogP contribution in [0.5, 0.6) is 0 Å². The standard InChI is InChI=1S/C19H21N3O3S2/c1-13-2-6-15(7-3-13)21-19(26)22-16-8-4-14(5-9-16)18(23)20-17-10-11-27(24,25)12-17/h2-9,17H,10-12H2,1H3,(H,20,23)(H2,21,22,26)/t17-/m1/s1. The molecule has 1 heterocycles. The maximum Gasteiger partial charge on any atom is 0.251 e. The van der Waals surface area contributed by atoms with E-state index in [0.29, 0.717) is 17.1 Å². The average Bonchev–Trinajstić information content (AvgIpc) is 2.96. The predicted molar refractivity (Wildman–Crippen MR) is 112 cm³/mol. The number of carbonyl (C=O) groups excluding carboxylic acids is 1. The van der Waals surface area contributed by atoms with Crippen LogP contribution < -0.4 is 16.0 Å². The number of nitrogens with one attached hydrogen (secondary N) is 3. The molecule has 1 fully saturated rings. The first-order valence-electron chi connectivity index (χ1n) is 8.57. The summed E-state index contributed by atoms with van der Waals surface area (Å²) in [7, 11) is -3.02. The third-order valence-electron chi connectivity index (χ3n) is 4.28. The zero-order chi connectivity index (χ0) is 19.4. The van der Waals surface area contributed by atoms with Gasteiger partial charge in [-0.15, -0.1) is 0 Å². The van der Waals surface area contributed by atoms with E-state index in [1.165, 1.54) is 5.56 Å². The van der Waals surface area contributed by atoms with Gasteiger partial charge in [0.15, 0.2) is 14.9 Å². The third-order valence-corrected chi connectivity index (χ3v) is 6.25. The SMILES string of the molecule is Cc1ccc(NC(=S)Nc2ccc(C(=O)N[C@@H]3CCS(=O)(=O)C3)cc2)cc1. The molecule has 0 spiro atoms. The third kappa shape index (κ3) is 5.51. The molecule has 0 unspecified atom stereocenters. The van der Waals surface area contributed by atoms with E-state index >= 15 is 0 Å². The fourth-order valence-corrected chi connectivity index (χ4v) is 4.72. The highest BCUT2D eigenvalue weighted by Crippen LogP contribution is 2.15. The van der Waals surface area contributed by atoms with Crippen LogP contribution in [0.1, 0.15) is 22.3 Å². The monoisotopic (exact) mass is 403 g/mol. The molecule has 2 aromatic carbocycles. The number of hydrogen-bond donors (Lipinski definition) is 3. The normalized spacial score (nSPS) is 17.9. The van der Waals surface area contributed by atoms with Crippen molar-refractivity contribution >= 4 is 44.4 Å². The lowest BCUT2D eigenvalue weighted by atomic mass is 10.1. The quantitative estimate of drug-likeness (QED) is 0.681. The van der Waals surface area contributed by atoms with E-state index in [1.54, 1.807) is 24.3 Å². The fourth-order valence-electron chi connectivity index (χ4n) is 2.81. The molecule has 1 amide bonds. The molecule has 3 rings (SSSR count). The van der Waals surface area contributed by atoms with Gasteiger partial charge in [-0.3, -0.25) is 4.79 Å². The first-order valence-corrected chi connectivity index (χ1v) is 10.8. The number of thiocarbonyl (C=S) groups is 1. The van der Waals surface area contributed by atoms with E-state index in [9.17, 15) is 13.2 Å². The molecule has 2 aromatic rings. The van der Waals surface area contributed by atoms with Gasteiger partial charge in [0.1, 0.15) is 0 Å². The van der Waals surface area contributed by atoms with Crippen LogP contribution >= 0.6 is 12.2 Å². The minimum Gasteiger partial charge on any atom is -0.348 e. The van der Waals surface area contributed by atoms with Crippen LogP contribution in [0.3, 0.4) is 0 Å². The van der Waals surface area contributed by atoms with Crippen LogP contribution in [-0.4, -0.2) is 37.0 Å². The highest BCUT2D eigenvalue weighted by molar-refractivity contribution is 7.91. The number of sulfone groups is 1. The molecular weight excluding hydrogens is 382 g/mol. The number of rotatable bonds is 4. The first kappa shape index (κ1) is 19.3. The summed E-state index contributed by atoms with van der Waals surface area (Å²) in [5.74, 6) is -0.132. The van der Waals surface area contributed by atoms with Crippen LogP contribution in [0.15, 0.2) is 48.5 Å². The van der Waals surface area contributed by atoms with E-state index in [-0.39, 0.29) is 23.5 Å². The van der Waals surface area contributed by atoms with Crippen molar-refractivity contribution in [1.82, 2.24) is 5.32 Å². The van der Waals surface area contributed by atoms with Crippen molar-refractivity contribution in [2.45, 2.75) is 19.4 Å². The summed E-state index contributed by atoms with van der Waals surface area (Å²) in [6.45, 7) is 2.02. The van der Waals surface area contributed by atoms with Gasteiger partial charge in [-0.1, -0.05) is 17.7 Å². The highest BCUT2D eigenvalue weighted by Gasteiger charge is 2.29. The molecule has 1 saturated heterocycles. The van der Waals surface area contributed by atoms with Gasteiger partial charge >= 0.3 is 0 Å². The second-order valence-electron chi connectivity index (χ2n) is 6.60. The average molecular weight is 404 g/mol. The molecule has 0 aliphatic carbocycles. The van der Waals surface area contributed by atoms with Gasteiger partial charge in [0, 0.05) is 23.0 Å². The molecule has 27 heavy (non-hydrogen) atoms. The molecule has 1 aliphatic rings. The van der Waals surface area contributed by atoms with Crippen LogP contribution in [0.2, 0.25) is 0 Å². The number of amides is 1.